The van der Waals surface area contributed by atoms with E-state index in [-0.39, 0.29) is 24.5 Å². The minimum atomic E-state index is -0.643. The largest absolute Gasteiger partial charge is 0.458 e. The van der Waals surface area contributed by atoms with E-state index in [4.69, 9.17) is 4.74 Å². The SMILES string of the molecule is O=C(CNC(=O)c1cccc(F)c1)OCc1csc(-c2ccc(F)cc2)n1. The van der Waals surface area contributed by atoms with E-state index in [1.54, 1.807) is 17.5 Å². The highest BCUT2D eigenvalue weighted by Gasteiger charge is 2.11. The van der Waals surface area contributed by atoms with Gasteiger partial charge in [0.15, 0.2) is 0 Å². The van der Waals surface area contributed by atoms with Crippen LogP contribution in [0.4, 0.5) is 8.78 Å². The molecule has 1 amide bonds. The fourth-order valence-corrected chi connectivity index (χ4v) is 3.00. The molecule has 5 nitrogen and oxygen atoms in total. The van der Waals surface area contributed by atoms with Crippen molar-refractivity contribution in [2.24, 2.45) is 0 Å². The van der Waals surface area contributed by atoms with Crippen LogP contribution in [0.2, 0.25) is 0 Å². The third kappa shape index (κ3) is 5.18. The van der Waals surface area contributed by atoms with Crippen LogP contribution in [0.25, 0.3) is 10.6 Å². The lowest BCUT2D eigenvalue weighted by Gasteiger charge is -2.05. The van der Waals surface area contributed by atoms with E-state index in [2.05, 4.69) is 10.3 Å². The van der Waals surface area contributed by atoms with Crippen LogP contribution in [0.3, 0.4) is 0 Å². The van der Waals surface area contributed by atoms with Crippen molar-refractivity contribution in [3.8, 4) is 10.6 Å². The Balaban J connectivity index is 1.48. The van der Waals surface area contributed by atoms with Crippen LogP contribution < -0.4 is 5.32 Å². The van der Waals surface area contributed by atoms with E-state index in [1.165, 1.54) is 41.7 Å². The summed E-state index contributed by atoms with van der Waals surface area (Å²) in [5.74, 6) is -2.08. The van der Waals surface area contributed by atoms with Crippen LogP contribution in [0.1, 0.15) is 16.1 Å². The zero-order chi connectivity index (χ0) is 19.2. The van der Waals surface area contributed by atoms with Gasteiger partial charge < -0.3 is 10.1 Å². The standard InChI is InChI=1S/C19H14F2N2O3S/c20-14-6-4-12(5-7-14)19-23-16(11-27-19)10-26-17(24)9-22-18(25)13-2-1-3-15(21)8-13/h1-8,11H,9-10H2,(H,22,25). The van der Waals surface area contributed by atoms with Gasteiger partial charge in [0.2, 0.25) is 0 Å². The molecule has 1 heterocycles. The second-order valence-electron chi connectivity index (χ2n) is 5.50. The Morgan fingerprint density at radius 1 is 1.07 bits per heavy atom. The molecule has 3 aromatic rings. The molecule has 138 valence electrons. The molecule has 27 heavy (non-hydrogen) atoms. The van der Waals surface area contributed by atoms with E-state index < -0.39 is 17.7 Å². The number of carbonyl (C=O) groups is 2. The maximum Gasteiger partial charge on any atom is 0.325 e. The predicted octanol–water partition coefficient (Wildman–Crippen LogP) is 3.56. The molecule has 0 aliphatic rings. The maximum absolute atomic E-state index is 13.1. The van der Waals surface area contributed by atoms with Gasteiger partial charge in [-0.25, -0.2) is 13.8 Å². The van der Waals surface area contributed by atoms with Crippen LogP contribution in [-0.2, 0) is 16.1 Å². The first kappa shape index (κ1) is 18.7. The Kier molecular flexibility index (Phi) is 5.87. The second-order valence-corrected chi connectivity index (χ2v) is 6.36. The number of rotatable bonds is 6. The van der Waals surface area contributed by atoms with Crippen LogP contribution in [0.15, 0.2) is 53.9 Å². The number of benzene rings is 2. The third-order valence-corrected chi connectivity index (χ3v) is 4.44. The molecule has 0 radical (unpaired) electrons. The molecule has 0 aliphatic carbocycles. The first-order valence-electron chi connectivity index (χ1n) is 7.91. The fraction of sp³-hybridized carbons (Fsp3) is 0.105. The fourth-order valence-electron chi connectivity index (χ4n) is 2.19. The van der Waals surface area contributed by atoms with Gasteiger partial charge in [-0.15, -0.1) is 11.3 Å². The summed E-state index contributed by atoms with van der Waals surface area (Å²) in [5, 5.41) is 4.78. The van der Waals surface area contributed by atoms with Gasteiger partial charge in [-0.1, -0.05) is 6.07 Å². The smallest absolute Gasteiger partial charge is 0.325 e. The summed E-state index contributed by atoms with van der Waals surface area (Å²) in [5.41, 5.74) is 1.43. The Labute approximate surface area is 157 Å². The number of amides is 1. The summed E-state index contributed by atoms with van der Waals surface area (Å²) in [6.07, 6.45) is 0. The average Bonchev–Trinajstić information content (AvgIpc) is 3.14. The minimum absolute atomic E-state index is 0.0492. The van der Waals surface area contributed by atoms with Gasteiger partial charge in [0.25, 0.3) is 5.91 Å². The van der Waals surface area contributed by atoms with Crippen molar-refractivity contribution in [2.45, 2.75) is 6.61 Å². The molecule has 0 fully saturated rings. The topological polar surface area (TPSA) is 68.3 Å². The van der Waals surface area contributed by atoms with Crippen LogP contribution in [-0.4, -0.2) is 23.4 Å². The number of thiazole rings is 1. The molecule has 1 aromatic heterocycles. The van der Waals surface area contributed by atoms with Gasteiger partial charge in [-0.05, 0) is 42.5 Å². The van der Waals surface area contributed by atoms with Crippen LogP contribution in [0, 0.1) is 11.6 Å². The molecule has 0 bridgehead atoms. The number of hydrogen-bond acceptors (Lipinski definition) is 5. The molecule has 0 aliphatic heterocycles. The number of nitrogens with zero attached hydrogens (tertiary/aromatic N) is 1. The molecule has 1 N–H and O–H groups in total. The molecular formula is C19H14F2N2O3S. The summed E-state index contributed by atoms with van der Waals surface area (Å²) in [7, 11) is 0. The number of nitrogens with one attached hydrogen (secondary N) is 1. The van der Waals surface area contributed by atoms with Crippen molar-refractivity contribution < 1.29 is 23.1 Å². The first-order valence-corrected chi connectivity index (χ1v) is 8.79. The molecule has 0 atom stereocenters. The van der Waals surface area contributed by atoms with Gasteiger partial charge >= 0.3 is 5.97 Å². The molecule has 8 heteroatoms. The highest BCUT2D eigenvalue weighted by atomic mass is 32.1. The first-order chi connectivity index (χ1) is 13.0. The normalized spacial score (nSPS) is 10.4. The summed E-state index contributed by atoms with van der Waals surface area (Å²) in [4.78, 5) is 27.9. The summed E-state index contributed by atoms with van der Waals surface area (Å²) >= 11 is 1.35. The highest BCUT2D eigenvalue weighted by Crippen LogP contribution is 2.24. The molecule has 0 saturated heterocycles. The summed E-state index contributed by atoms with van der Waals surface area (Å²) in [6.45, 7) is -0.392. The lowest BCUT2D eigenvalue weighted by atomic mass is 10.2. The zero-order valence-electron chi connectivity index (χ0n) is 13.9. The summed E-state index contributed by atoms with van der Waals surface area (Å²) in [6, 6.07) is 11.1. The van der Waals surface area contributed by atoms with Gasteiger partial charge in [-0.3, -0.25) is 9.59 Å². The lowest BCUT2D eigenvalue weighted by molar-refractivity contribution is -0.143. The number of hydrogen-bond donors (Lipinski definition) is 1. The predicted molar refractivity (Wildman–Crippen MR) is 96.0 cm³/mol. The van der Waals surface area contributed by atoms with Crippen LogP contribution in [0.5, 0.6) is 0 Å². The molecular weight excluding hydrogens is 374 g/mol. The van der Waals surface area contributed by atoms with Gasteiger partial charge in [0, 0.05) is 16.5 Å². The number of esters is 1. The molecule has 0 saturated carbocycles. The molecule has 3 rings (SSSR count). The maximum atomic E-state index is 13.1. The quantitative estimate of drug-likeness (QED) is 0.656. The van der Waals surface area contributed by atoms with E-state index in [0.29, 0.717) is 10.7 Å². The molecule has 0 spiro atoms. The zero-order valence-corrected chi connectivity index (χ0v) is 14.8. The van der Waals surface area contributed by atoms with E-state index in [0.717, 1.165) is 11.6 Å². The van der Waals surface area contributed by atoms with Crippen LogP contribution >= 0.6 is 11.3 Å². The highest BCUT2D eigenvalue weighted by molar-refractivity contribution is 7.13. The minimum Gasteiger partial charge on any atom is -0.458 e. The number of carbonyl (C=O) groups excluding carboxylic acids is 2. The number of ether oxygens (including phenoxy) is 1. The molecule has 0 unspecified atom stereocenters. The lowest BCUT2D eigenvalue weighted by Crippen LogP contribution is -2.30. The van der Waals surface area contributed by atoms with Crippen molar-refractivity contribution in [2.75, 3.05) is 6.54 Å². The number of aromatic nitrogens is 1. The van der Waals surface area contributed by atoms with E-state index >= 15 is 0 Å². The van der Waals surface area contributed by atoms with Crippen molar-refractivity contribution in [3.63, 3.8) is 0 Å². The molecule has 2 aromatic carbocycles. The van der Waals surface area contributed by atoms with Gasteiger partial charge in [0.05, 0.1) is 5.69 Å². The second kappa shape index (κ2) is 8.50. The Hall–Kier alpha value is -3.13. The van der Waals surface area contributed by atoms with Crippen molar-refractivity contribution in [1.29, 1.82) is 0 Å². The Bertz CT molecular complexity index is 958. The van der Waals surface area contributed by atoms with Crippen molar-refractivity contribution >= 4 is 23.2 Å². The van der Waals surface area contributed by atoms with Crippen molar-refractivity contribution in [3.05, 3.63) is 76.8 Å². The Morgan fingerprint density at radius 2 is 1.85 bits per heavy atom. The van der Waals surface area contributed by atoms with E-state index in [1.807, 2.05) is 0 Å². The third-order valence-electron chi connectivity index (χ3n) is 3.50. The van der Waals surface area contributed by atoms with Gasteiger partial charge in [0.1, 0.15) is 29.8 Å². The average molecular weight is 388 g/mol. The monoisotopic (exact) mass is 388 g/mol. The summed E-state index contributed by atoms with van der Waals surface area (Å²) < 4.78 is 31.1. The van der Waals surface area contributed by atoms with E-state index in [9.17, 15) is 18.4 Å². The van der Waals surface area contributed by atoms with Crippen molar-refractivity contribution in [1.82, 2.24) is 10.3 Å². The Morgan fingerprint density at radius 3 is 2.59 bits per heavy atom. The number of halogens is 2. The van der Waals surface area contributed by atoms with Gasteiger partial charge in [-0.2, -0.15) is 0 Å².